The summed E-state index contributed by atoms with van der Waals surface area (Å²) in [6.45, 7) is 1.73. The number of rotatable bonds is 6. The van der Waals surface area contributed by atoms with Crippen LogP contribution in [-0.4, -0.2) is 36.3 Å². The van der Waals surface area contributed by atoms with Gasteiger partial charge in [-0.25, -0.2) is 0 Å². The number of benzene rings is 2. The maximum atomic E-state index is 12.4. The molecular formula is C18H18Cl3N3O2. The summed E-state index contributed by atoms with van der Waals surface area (Å²) < 4.78 is 0. The van der Waals surface area contributed by atoms with Gasteiger partial charge in [0.15, 0.2) is 0 Å². The van der Waals surface area contributed by atoms with E-state index < -0.39 is 6.04 Å². The van der Waals surface area contributed by atoms with E-state index in [0.717, 1.165) is 0 Å². The zero-order valence-electron chi connectivity index (χ0n) is 14.2. The third kappa shape index (κ3) is 5.61. The van der Waals surface area contributed by atoms with Gasteiger partial charge in [-0.15, -0.1) is 0 Å². The number of para-hydroxylation sites is 1. The minimum Gasteiger partial charge on any atom is -0.325 e. The van der Waals surface area contributed by atoms with Gasteiger partial charge in [0, 0.05) is 5.69 Å². The number of likely N-dealkylation sites (N-methyl/N-ethyl adjacent to an activating group) is 1. The summed E-state index contributed by atoms with van der Waals surface area (Å²) in [7, 11) is 1.69. The Bertz CT molecular complexity index is 814. The third-order valence-electron chi connectivity index (χ3n) is 3.77. The van der Waals surface area contributed by atoms with E-state index in [1.807, 2.05) is 0 Å². The minimum absolute atomic E-state index is 0.0252. The van der Waals surface area contributed by atoms with Gasteiger partial charge in [-0.3, -0.25) is 14.5 Å². The molecule has 2 N–H and O–H groups in total. The first kappa shape index (κ1) is 20.5. The van der Waals surface area contributed by atoms with Crippen molar-refractivity contribution in [3.05, 3.63) is 57.5 Å². The average molecular weight is 415 g/mol. The molecule has 0 heterocycles. The molecule has 5 nitrogen and oxygen atoms in total. The number of carbonyl (C=O) groups is 2. The number of amides is 2. The smallest absolute Gasteiger partial charge is 0.241 e. The summed E-state index contributed by atoms with van der Waals surface area (Å²) in [5.74, 6) is -0.536. The van der Waals surface area contributed by atoms with Crippen molar-refractivity contribution in [2.24, 2.45) is 0 Å². The van der Waals surface area contributed by atoms with Crippen molar-refractivity contribution in [2.75, 3.05) is 24.2 Å². The van der Waals surface area contributed by atoms with Crippen LogP contribution < -0.4 is 10.6 Å². The van der Waals surface area contributed by atoms with Gasteiger partial charge in [0.1, 0.15) is 0 Å². The highest BCUT2D eigenvalue weighted by Crippen LogP contribution is 2.25. The van der Waals surface area contributed by atoms with Gasteiger partial charge >= 0.3 is 0 Å². The minimum atomic E-state index is -0.536. The lowest BCUT2D eigenvalue weighted by atomic mass is 10.2. The standard InChI is InChI=1S/C18H18Cl3N3O2/c1-11(18(26)23-16-6-4-3-5-14(16)20)24(2)10-17(25)22-12-7-8-13(19)15(21)9-12/h3-9,11H,10H2,1-2H3,(H,22,25)(H,23,26). The summed E-state index contributed by atoms with van der Waals surface area (Å²) >= 11 is 17.8. The summed E-state index contributed by atoms with van der Waals surface area (Å²) in [5, 5.41) is 6.68. The van der Waals surface area contributed by atoms with Gasteiger partial charge in [0.05, 0.1) is 33.3 Å². The zero-order chi connectivity index (χ0) is 19.3. The summed E-state index contributed by atoms with van der Waals surface area (Å²) in [6.07, 6.45) is 0. The average Bonchev–Trinajstić information content (AvgIpc) is 2.59. The van der Waals surface area contributed by atoms with Crippen LogP contribution in [0.25, 0.3) is 0 Å². The Morgan fingerprint density at radius 3 is 2.35 bits per heavy atom. The van der Waals surface area contributed by atoms with E-state index in [4.69, 9.17) is 34.8 Å². The highest BCUT2D eigenvalue weighted by Gasteiger charge is 2.21. The van der Waals surface area contributed by atoms with Crippen LogP contribution in [0.5, 0.6) is 0 Å². The molecule has 138 valence electrons. The summed E-state index contributed by atoms with van der Waals surface area (Å²) in [4.78, 5) is 26.2. The van der Waals surface area contributed by atoms with Crippen molar-refractivity contribution in [2.45, 2.75) is 13.0 Å². The van der Waals surface area contributed by atoms with Crippen LogP contribution in [0.15, 0.2) is 42.5 Å². The lowest BCUT2D eigenvalue weighted by molar-refractivity contribution is -0.122. The predicted octanol–water partition coefficient (Wildman–Crippen LogP) is 4.54. The topological polar surface area (TPSA) is 61.4 Å². The van der Waals surface area contributed by atoms with Crippen molar-refractivity contribution < 1.29 is 9.59 Å². The number of nitrogens with one attached hydrogen (secondary N) is 2. The van der Waals surface area contributed by atoms with Gasteiger partial charge in [-0.1, -0.05) is 46.9 Å². The molecule has 0 saturated heterocycles. The van der Waals surface area contributed by atoms with Gasteiger partial charge < -0.3 is 10.6 Å². The molecule has 0 spiro atoms. The molecule has 2 aromatic rings. The fourth-order valence-electron chi connectivity index (χ4n) is 2.14. The molecule has 0 aromatic heterocycles. The fraction of sp³-hybridized carbons (Fsp3) is 0.222. The monoisotopic (exact) mass is 413 g/mol. The second-order valence-corrected chi connectivity index (χ2v) is 6.96. The van der Waals surface area contributed by atoms with Crippen LogP contribution in [0.1, 0.15) is 6.92 Å². The Hall–Kier alpha value is -1.79. The largest absolute Gasteiger partial charge is 0.325 e. The number of halogens is 3. The van der Waals surface area contributed by atoms with Gasteiger partial charge in [-0.05, 0) is 44.3 Å². The quantitative estimate of drug-likeness (QED) is 0.729. The van der Waals surface area contributed by atoms with Crippen LogP contribution >= 0.6 is 34.8 Å². The Labute approximate surface area is 167 Å². The van der Waals surface area contributed by atoms with Crippen LogP contribution in [0.2, 0.25) is 15.1 Å². The first-order chi connectivity index (χ1) is 12.3. The van der Waals surface area contributed by atoms with E-state index >= 15 is 0 Å². The molecule has 0 radical (unpaired) electrons. The molecule has 8 heteroatoms. The van der Waals surface area contributed by atoms with Gasteiger partial charge in [0.25, 0.3) is 0 Å². The van der Waals surface area contributed by atoms with E-state index in [9.17, 15) is 9.59 Å². The Morgan fingerprint density at radius 2 is 1.69 bits per heavy atom. The Morgan fingerprint density at radius 1 is 1.00 bits per heavy atom. The maximum absolute atomic E-state index is 12.4. The lowest BCUT2D eigenvalue weighted by Crippen LogP contribution is -2.43. The Kier molecular flexibility index (Phi) is 7.29. The van der Waals surface area contributed by atoms with Crippen molar-refractivity contribution >= 4 is 58.0 Å². The predicted molar refractivity (Wildman–Crippen MR) is 107 cm³/mol. The molecule has 0 aliphatic heterocycles. The van der Waals surface area contributed by atoms with Crippen molar-refractivity contribution in [3.8, 4) is 0 Å². The second kappa shape index (κ2) is 9.24. The van der Waals surface area contributed by atoms with Crippen LogP contribution in [0.3, 0.4) is 0 Å². The lowest BCUT2D eigenvalue weighted by Gasteiger charge is -2.23. The molecule has 2 aromatic carbocycles. The first-order valence-electron chi connectivity index (χ1n) is 7.78. The highest BCUT2D eigenvalue weighted by atomic mass is 35.5. The normalized spacial score (nSPS) is 11.9. The van der Waals surface area contributed by atoms with Crippen molar-refractivity contribution in [1.29, 1.82) is 0 Å². The number of carbonyl (C=O) groups excluding carboxylic acids is 2. The third-order valence-corrected chi connectivity index (χ3v) is 4.84. The van der Waals surface area contributed by atoms with Gasteiger partial charge in [-0.2, -0.15) is 0 Å². The molecule has 0 saturated carbocycles. The van der Waals surface area contributed by atoms with E-state index in [1.165, 1.54) is 0 Å². The molecular weight excluding hydrogens is 397 g/mol. The van der Waals surface area contributed by atoms with E-state index in [2.05, 4.69) is 10.6 Å². The molecule has 0 aliphatic rings. The SMILES string of the molecule is CC(C(=O)Nc1ccccc1Cl)N(C)CC(=O)Nc1ccc(Cl)c(Cl)c1. The second-order valence-electron chi connectivity index (χ2n) is 5.74. The molecule has 2 amide bonds. The molecule has 0 bridgehead atoms. The highest BCUT2D eigenvalue weighted by molar-refractivity contribution is 6.42. The first-order valence-corrected chi connectivity index (χ1v) is 8.92. The van der Waals surface area contributed by atoms with E-state index in [0.29, 0.717) is 26.4 Å². The zero-order valence-corrected chi connectivity index (χ0v) is 16.5. The van der Waals surface area contributed by atoms with Crippen LogP contribution in [0, 0.1) is 0 Å². The molecule has 0 aliphatic carbocycles. The van der Waals surface area contributed by atoms with Crippen molar-refractivity contribution in [3.63, 3.8) is 0 Å². The fourth-order valence-corrected chi connectivity index (χ4v) is 2.62. The number of anilines is 2. The molecule has 0 fully saturated rings. The van der Waals surface area contributed by atoms with Crippen molar-refractivity contribution in [1.82, 2.24) is 4.90 Å². The van der Waals surface area contributed by atoms with E-state index in [-0.39, 0.29) is 18.4 Å². The van der Waals surface area contributed by atoms with E-state index in [1.54, 1.807) is 61.3 Å². The summed E-state index contributed by atoms with van der Waals surface area (Å²) in [5.41, 5.74) is 1.06. The number of hydrogen-bond donors (Lipinski definition) is 2. The summed E-state index contributed by atoms with van der Waals surface area (Å²) in [6, 6.07) is 11.2. The molecule has 1 unspecified atom stereocenters. The van der Waals surface area contributed by atoms with Gasteiger partial charge in [0.2, 0.25) is 11.8 Å². The number of nitrogens with zero attached hydrogens (tertiary/aromatic N) is 1. The molecule has 2 rings (SSSR count). The molecule has 1 atom stereocenters. The van der Waals surface area contributed by atoms with Crippen LogP contribution in [-0.2, 0) is 9.59 Å². The van der Waals surface area contributed by atoms with Crippen LogP contribution in [0.4, 0.5) is 11.4 Å². The Balaban J connectivity index is 1.91. The number of hydrogen-bond acceptors (Lipinski definition) is 3. The molecule has 26 heavy (non-hydrogen) atoms. The maximum Gasteiger partial charge on any atom is 0.241 e.